The van der Waals surface area contributed by atoms with Crippen LogP contribution in [0.5, 0.6) is 5.75 Å². The first-order valence-corrected chi connectivity index (χ1v) is 8.81. The molecule has 1 amide bonds. The molecule has 27 heavy (non-hydrogen) atoms. The normalized spacial score (nSPS) is 10.6. The van der Waals surface area contributed by atoms with Crippen LogP contribution in [0.4, 0.5) is 5.69 Å². The number of anilines is 1. The molecule has 1 aromatic heterocycles. The SMILES string of the molecule is CN(CCCNC(=O)COc1ccc2ccc(=O)oc2c1)c1ccccc1. The highest BCUT2D eigenvalue weighted by Gasteiger charge is 2.05. The molecule has 6 nitrogen and oxygen atoms in total. The van der Waals surface area contributed by atoms with Gasteiger partial charge in [-0.1, -0.05) is 18.2 Å². The number of rotatable bonds is 8. The summed E-state index contributed by atoms with van der Waals surface area (Å²) in [4.78, 5) is 25.3. The molecule has 2 aromatic carbocycles. The molecule has 0 bridgehead atoms. The van der Waals surface area contributed by atoms with E-state index in [2.05, 4.69) is 22.3 Å². The lowest BCUT2D eigenvalue weighted by atomic mass is 10.2. The standard InChI is InChI=1S/C21H22N2O4/c1-23(17-6-3-2-4-7-17)13-5-12-22-20(24)15-26-18-10-8-16-9-11-21(25)27-19(16)14-18/h2-4,6-11,14H,5,12-13,15H2,1H3,(H,22,24). The van der Waals surface area contributed by atoms with Gasteiger partial charge in [0.15, 0.2) is 6.61 Å². The van der Waals surface area contributed by atoms with Gasteiger partial charge < -0.3 is 19.4 Å². The lowest BCUT2D eigenvalue weighted by Crippen LogP contribution is -2.31. The predicted octanol–water partition coefficient (Wildman–Crippen LogP) is 2.81. The molecule has 0 saturated carbocycles. The zero-order valence-corrected chi connectivity index (χ0v) is 15.2. The Bertz CT molecular complexity index is 953. The Kier molecular flexibility index (Phi) is 6.10. The van der Waals surface area contributed by atoms with Crippen molar-refractivity contribution in [3.63, 3.8) is 0 Å². The third-order valence-corrected chi connectivity index (χ3v) is 4.15. The van der Waals surface area contributed by atoms with Crippen LogP contribution in [0, 0.1) is 0 Å². The van der Waals surface area contributed by atoms with E-state index in [1.54, 1.807) is 24.3 Å². The number of para-hydroxylation sites is 1. The third-order valence-electron chi connectivity index (χ3n) is 4.15. The predicted molar refractivity (Wildman–Crippen MR) is 105 cm³/mol. The van der Waals surface area contributed by atoms with Crippen LogP contribution >= 0.6 is 0 Å². The van der Waals surface area contributed by atoms with Crippen molar-refractivity contribution in [3.8, 4) is 5.75 Å². The number of carbonyl (C=O) groups is 1. The van der Waals surface area contributed by atoms with Crippen molar-refractivity contribution in [3.05, 3.63) is 71.1 Å². The maximum Gasteiger partial charge on any atom is 0.336 e. The van der Waals surface area contributed by atoms with Crippen LogP contribution in [0.3, 0.4) is 0 Å². The molecule has 0 radical (unpaired) electrons. The van der Waals surface area contributed by atoms with Crippen LogP contribution in [0.1, 0.15) is 6.42 Å². The maximum absolute atomic E-state index is 11.9. The second-order valence-electron chi connectivity index (χ2n) is 6.20. The lowest BCUT2D eigenvalue weighted by molar-refractivity contribution is -0.123. The van der Waals surface area contributed by atoms with Gasteiger partial charge in [-0.05, 0) is 36.8 Å². The summed E-state index contributed by atoms with van der Waals surface area (Å²) in [5.74, 6) is 0.294. The van der Waals surface area contributed by atoms with Crippen LogP contribution in [0.2, 0.25) is 0 Å². The minimum atomic E-state index is -0.419. The molecule has 140 valence electrons. The average molecular weight is 366 g/mol. The molecule has 3 rings (SSSR count). The number of benzene rings is 2. The van der Waals surface area contributed by atoms with Gasteiger partial charge in [-0.2, -0.15) is 0 Å². The van der Waals surface area contributed by atoms with Crippen molar-refractivity contribution in [1.29, 1.82) is 0 Å². The van der Waals surface area contributed by atoms with E-state index >= 15 is 0 Å². The highest BCUT2D eigenvalue weighted by Crippen LogP contribution is 2.19. The topological polar surface area (TPSA) is 71.8 Å². The van der Waals surface area contributed by atoms with E-state index in [9.17, 15) is 9.59 Å². The molecule has 0 saturated heterocycles. The van der Waals surface area contributed by atoms with Crippen molar-refractivity contribution in [2.75, 3.05) is 31.6 Å². The zero-order chi connectivity index (χ0) is 19.1. The van der Waals surface area contributed by atoms with Crippen LogP contribution in [-0.2, 0) is 4.79 Å². The van der Waals surface area contributed by atoms with Gasteiger partial charge in [-0.3, -0.25) is 4.79 Å². The number of nitrogens with one attached hydrogen (secondary N) is 1. The fraction of sp³-hybridized carbons (Fsp3) is 0.238. The second kappa shape index (κ2) is 8.89. The molecule has 0 atom stereocenters. The highest BCUT2D eigenvalue weighted by atomic mass is 16.5. The third kappa shape index (κ3) is 5.34. The van der Waals surface area contributed by atoms with Crippen molar-refractivity contribution in [1.82, 2.24) is 5.32 Å². The van der Waals surface area contributed by atoms with Gasteiger partial charge in [-0.25, -0.2) is 4.79 Å². The summed E-state index contributed by atoms with van der Waals surface area (Å²) in [5, 5.41) is 3.64. The van der Waals surface area contributed by atoms with Crippen molar-refractivity contribution in [2.45, 2.75) is 6.42 Å². The van der Waals surface area contributed by atoms with E-state index in [-0.39, 0.29) is 12.5 Å². The van der Waals surface area contributed by atoms with Gasteiger partial charge in [0.2, 0.25) is 0 Å². The summed E-state index contributed by atoms with van der Waals surface area (Å²) in [6, 6.07) is 18.3. The molecule has 3 aromatic rings. The van der Waals surface area contributed by atoms with Crippen molar-refractivity contribution < 1.29 is 13.9 Å². The van der Waals surface area contributed by atoms with Crippen LogP contribution in [-0.4, -0.2) is 32.7 Å². The molecule has 0 aliphatic carbocycles. The molecule has 0 unspecified atom stereocenters. The number of hydrogen-bond acceptors (Lipinski definition) is 5. The molecule has 0 aliphatic rings. The van der Waals surface area contributed by atoms with E-state index < -0.39 is 5.63 Å². The van der Waals surface area contributed by atoms with E-state index in [0.29, 0.717) is 17.9 Å². The summed E-state index contributed by atoms with van der Waals surface area (Å²) in [7, 11) is 2.03. The molecular weight excluding hydrogens is 344 g/mol. The first-order valence-electron chi connectivity index (χ1n) is 8.81. The van der Waals surface area contributed by atoms with E-state index in [0.717, 1.165) is 24.0 Å². The van der Waals surface area contributed by atoms with E-state index in [1.165, 1.54) is 6.07 Å². The Morgan fingerprint density at radius 3 is 2.70 bits per heavy atom. The Morgan fingerprint density at radius 2 is 1.89 bits per heavy atom. The van der Waals surface area contributed by atoms with Gasteiger partial charge in [0.05, 0.1) is 0 Å². The fourth-order valence-electron chi connectivity index (χ4n) is 2.69. The Morgan fingerprint density at radius 1 is 1.11 bits per heavy atom. The van der Waals surface area contributed by atoms with E-state index in [1.807, 2.05) is 25.2 Å². The van der Waals surface area contributed by atoms with Crippen LogP contribution in [0.25, 0.3) is 11.0 Å². The summed E-state index contributed by atoms with van der Waals surface area (Å²) >= 11 is 0. The maximum atomic E-state index is 11.9. The minimum Gasteiger partial charge on any atom is -0.484 e. The fourth-order valence-corrected chi connectivity index (χ4v) is 2.69. The lowest BCUT2D eigenvalue weighted by Gasteiger charge is -2.19. The molecule has 1 N–H and O–H groups in total. The zero-order valence-electron chi connectivity index (χ0n) is 15.2. The molecule has 0 spiro atoms. The number of fused-ring (bicyclic) bond motifs is 1. The molecule has 1 heterocycles. The quantitative estimate of drug-likeness (QED) is 0.490. The summed E-state index contributed by atoms with van der Waals surface area (Å²) in [6.07, 6.45) is 0.832. The van der Waals surface area contributed by atoms with Crippen LogP contribution < -0.4 is 20.6 Å². The van der Waals surface area contributed by atoms with Gasteiger partial charge >= 0.3 is 5.63 Å². The highest BCUT2D eigenvalue weighted by molar-refractivity contribution is 5.79. The van der Waals surface area contributed by atoms with Gasteiger partial charge in [-0.15, -0.1) is 0 Å². The number of amides is 1. The Labute approximate surface area is 157 Å². The number of ether oxygens (including phenoxy) is 1. The van der Waals surface area contributed by atoms with E-state index in [4.69, 9.17) is 9.15 Å². The molecule has 6 heteroatoms. The van der Waals surface area contributed by atoms with Gasteiger partial charge in [0, 0.05) is 43.3 Å². The van der Waals surface area contributed by atoms with Crippen molar-refractivity contribution >= 4 is 22.6 Å². The Hall–Kier alpha value is -3.28. The van der Waals surface area contributed by atoms with Gasteiger partial charge in [0.1, 0.15) is 11.3 Å². The monoisotopic (exact) mass is 366 g/mol. The molecule has 0 aliphatic heterocycles. The van der Waals surface area contributed by atoms with Crippen molar-refractivity contribution in [2.24, 2.45) is 0 Å². The first-order chi connectivity index (χ1) is 13.1. The minimum absolute atomic E-state index is 0.0862. The largest absolute Gasteiger partial charge is 0.484 e. The Balaban J connectivity index is 1.40. The van der Waals surface area contributed by atoms with Crippen LogP contribution in [0.15, 0.2) is 69.9 Å². The number of hydrogen-bond donors (Lipinski definition) is 1. The number of nitrogens with zero attached hydrogens (tertiary/aromatic N) is 1. The summed E-state index contributed by atoms with van der Waals surface area (Å²) < 4.78 is 10.6. The summed E-state index contributed by atoms with van der Waals surface area (Å²) in [6.45, 7) is 1.33. The first kappa shape index (κ1) is 18.5. The summed E-state index contributed by atoms with van der Waals surface area (Å²) in [5.41, 5.74) is 1.16. The second-order valence-corrected chi connectivity index (χ2v) is 6.20. The average Bonchev–Trinajstić information content (AvgIpc) is 2.69. The van der Waals surface area contributed by atoms with Gasteiger partial charge in [0.25, 0.3) is 5.91 Å². The number of carbonyl (C=O) groups excluding carboxylic acids is 1. The smallest absolute Gasteiger partial charge is 0.336 e. The molecular formula is C21H22N2O4. The molecule has 0 fully saturated rings.